The van der Waals surface area contributed by atoms with Crippen LogP contribution in [0.25, 0.3) is 0 Å². The Kier molecular flexibility index (Phi) is 2.52. The largest absolute Gasteiger partial charge is 0.361 e. The van der Waals surface area contributed by atoms with E-state index in [2.05, 4.69) is 10.5 Å². The van der Waals surface area contributed by atoms with Crippen molar-refractivity contribution >= 4 is 5.91 Å². The predicted molar refractivity (Wildman–Crippen MR) is 51.0 cm³/mol. The molecule has 1 aromatic rings. The van der Waals surface area contributed by atoms with E-state index in [0.29, 0.717) is 17.5 Å². The molecule has 1 amide bonds. The average Bonchev–Trinajstić information content (AvgIpc) is 2.75. The molecular weight excluding hydrogens is 180 g/mol. The number of carbonyl (C=O) groups excluding carboxylic acids is 1. The highest BCUT2D eigenvalue weighted by molar-refractivity contribution is 5.92. The third-order valence-electron chi connectivity index (χ3n) is 2.55. The van der Waals surface area contributed by atoms with Gasteiger partial charge in [0, 0.05) is 12.1 Å². The molecule has 4 nitrogen and oxygen atoms in total. The van der Waals surface area contributed by atoms with Crippen molar-refractivity contribution in [3.63, 3.8) is 0 Å². The Morgan fingerprint density at radius 3 is 2.86 bits per heavy atom. The van der Waals surface area contributed by atoms with Crippen molar-refractivity contribution in [2.45, 2.75) is 38.6 Å². The highest BCUT2D eigenvalue weighted by Crippen LogP contribution is 2.18. The first-order valence-corrected chi connectivity index (χ1v) is 5.00. The van der Waals surface area contributed by atoms with Gasteiger partial charge in [-0.15, -0.1) is 0 Å². The zero-order chi connectivity index (χ0) is 9.97. The van der Waals surface area contributed by atoms with Gasteiger partial charge in [0.2, 0.25) is 0 Å². The normalized spacial score (nSPS) is 17.2. The van der Waals surface area contributed by atoms with Gasteiger partial charge in [0.1, 0.15) is 5.76 Å². The van der Waals surface area contributed by atoms with Crippen LogP contribution >= 0.6 is 0 Å². The van der Waals surface area contributed by atoms with Gasteiger partial charge in [0.25, 0.3) is 5.91 Å². The Balaban J connectivity index is 1.95. The molecule has 0 unspecified atom stereocenters. The van der Waals surface area contributed by atoms with Crippen LogP contribution in [0.1, 0.15) is 41.9 Å². The van der Waals surface area contributed by atoms with Crippen molar-refractivity contribution in [1.82, 2.24) is 10.5 Å². The molecule has 1 aliphatic carbocycles. The number of carbonyl (C=O) groups is 1. The van der Waals surface area contributed by atoms with Gasteiger partial charge >= 0.3 is 0 Å². The first kappa shape index (κ1) is 9.24. The topological polar surface area (TPSA) is 55.1 Å². The molecule has 0 spiro atoms. The van der Waals surface area contributed by atoms with Crippen molar-refractivity contribution in [1.29, 1.82) is 0 Å². The third kappa shape index (κ3) is 1.95. The van der Waals surface area contributed by atoms with Gasteiger partial charge in [0.05, 0.1) is 0 Å². The van der Waals surface area contributed by atoms with Crippen molar-refractivity contribution in [2.24, 2.45) is 0 Å². The summed E-state index contributed by atoms with van der Waals surface area (Å²) in [6.45, 7) is 1.78. The summed E-state index contributed by atoms with van der Waals surface area (Å²) in [6, 6.07) is 1.99. The van der Waals surface area contributed by atoms with Gasteiger partial charge in [-0.2, -0.15) is 0 Å². The van der Waals surface area contributed by atoms with Crippen LogP contribution in [0, 0.1) is 6.92 Å². The lowest BCUT2D eigenvalue weighted by atomic mass is 10.2. The average molecular weight is 194 g/mol. The summed E-state index contributed by atoms with van der Waals surface area (Å²) in [7, 11) is 0. The summed E-state index contributed by atoms with van der Waals surface area (Å²) < 4.78 is 4.84. The third-order valence-corrected chi connectivity index (χ3v) is 2.55. The maximum atomic E-state index is 11.6. The molecule has 0 bridgehead atoms. The summed E-state index contributed by atoms with van der Waals surface area (Å²) in [6.07, 6.45) is 4.59. The fourth-order valence-corrected chi connectivity index (χ4v) is 1.80. The minimum atomic E-state index is -0.117. The van der Waals surface area contributed by atoms with E-state index in [9.17, 15) is 4.79 Å². The van der Waals surface area contributed by atoms with E-state index in [-0.39, 0.29) is 5.91 Å². The van der Waals surface area contributed by atoms with Crippen LogP contribution in [0.5, 0.6) is 0 Å². The van der Waals surface area contributed by atoms with Gasteiger partial charge in [-0.1, -0.05) is 18.0 Å². The highest BCUT2D eigenvalue weighted by atomic mass is 16.5. The fraction of sp³-hybridized carbons (Fsp3) is 0.600. The molecule has 0 saturated heterocycles. The second-order valence-electron chi connectivity index (χ2n) is 3.78. The van der Waals surface area contributed by atoms with E-state index < -0.39 is 0 Å². The van der Waals surface area contributed by atoms with Crippen LogP contribution in [0.15, 0.2) is 10.6 Å². The lowest BCUT2D eigenvalue weighted by Gasteiger charge is -2.09. The van der Waals surface area contributed by atoms with Gasteiger partial charge in [-0.3, -0.25) is 4.79 Å². The van der Waals surface area contributed by atoms with Gasteiger partial charge in [-0.05, 0) is 19.8 Å². The van der Waals surface area contributed by atoms with Crippen LogP contribution < -0.4 is 5.32 Å². The zero-order valence-corrected chi connectivity index (χ0v) is 8.25. The Morgan fingerprint density at radius 2 is 2.29 bits per heavy atom. The number of amides is 1. The van der Waals surface area contributed by atoms with E-state index in [0.717, 1.165) is 12.8 Å². The number of hydrogen-bond acceptors (Lipinski definition) is 3. The molecule has 1 N–H and O–H groups in total. The van der Waals surface area contributed by atoms with Gasteiger partial charge in [0.15, 0.2) is 5.69 Å². The molecule has 14 heavy (non-hydrogen) atoms. The number of rotatable bonds is 2. The molecule has 4 heteroatoms. The van der Waals surface area contributed by atoms with Gasteiger partial charge in [-0.25, -0.2) is 0 Å². The maximum absolute atomic E-state index is 11.6. The molecule has 0 aromatic carbocycles. The minimum Gasteiger partial charge on any atom is -0.361 e. The Bertz CT molecular complexity index is 327. The first-order chi connectivity index (χ1) is 6.75. The van der Waals surface area contributed by atoms with Crippen LogP contribution in [-0.4, -0.2) is 17.1 Å². The summed E-state index contributed by atoms with van der Waals surface area (Å²) in [5, 5.41) is 6.62. The SMILES string of the molecule is Cc1cc(C(=O)NC2CCCC2)no1. The molecule has 0 aliphatic heterocycles. The molecule has 1 aromatic heterocycles. The standard InChI is InChI=1S/C10H14N2O2/c1-7-6-9(12-14-7)10(13)11-8-4-2-3-5-8/h6,8H,2-5H2,1H3,(H,11,13). The quantitative estimate of drug-likeness (QED) is 0.778. The predicted octanol–water partition coefficient (Wildman–Crippen LogP) is 1.66. The maximum Gasteiger partial charge on any atom is 0.273 e. The Morgan fingerprint density at radius 1 is 1.57 bits per heavy atom. The minimum absolute atomic E-state index is 0.117. The number of aromatic nitrogens is 1. The molecule has 1 heterocycles. The van der Waals surface area contributed by atoms with Crippen LogP contribution in [-0.2, 0) is 0 Å². The van der Waals surface area contributed by atoms with Crippen molar-refractivity contribution in [2.75, 3.05) is 0 Å². The van der Waals surface area contributed by atoms with Crippen molar-refractivity contribution < 1.29 is 9.32 Å². The van der Waals surface area contributed by atoms with Crippen LogP contribution in [0.3, 0.4) is 0 Å². The van der Waals surface area contributed by atoms with Crippen molar-refractivity contribution in [3.05, 3.63) is 17.5 Å². The Labute approximate surface area is 82.7 Å². The molecule has 1 saturated carbocycles. The highest BCUT2D eigenvalue weighted by Gasteiger charge is 2.19. The van der Waals surface area contributed by atoms with Gasteiger partial charge < -0.3 is 9.84 Å². The molecule has 2 rings (SSSR count). The molecular formula is C10H14N2O2. The number of nitrogens with zero attached hydrogens (tertiary/aromatic N) is 1. The summed E-state index contributed by atoms with van der Waals surface area (Å²) in [5.74, 6) is 0.551. The number of nitrogens with one attached hydrogen (secondary N) is 1. The first-order valence-electron chi connectivity index (χ1n) is 5.00. The van der Waals surface area contributed by atoms with Crippen LogP contribution in [0.2, 0.25) is 0 Å². The molecule has 1 fully saturated rings. The van der Waals surface area contributed by atoms with Crippen molar-refractivity contribution in [3.8, 4) is 0 Å². The van der Waals surface area contributed by atoms with E-state index in [1.54, 1.807) is 13.0 Å². The molecule has 1 aliphatic rings. The summed E-state index contributed by atoms with van der Waals surface area (Å²) in [5.41, 5.74) is 0.384. The molecule has 76 valence electrons. The second-order valence-corrected chi connectivity index (χ2v) is 3.78. The monoisotopic (exact) mass is 194 g/mol. The molecule has 0 radical (unpaired) electrons. The van der Waals surface area contributed by atoms with E-state index >= 15 is 0 Å². The summed E-state index contributed by atoms with van der Waals surface area (Å²) in [4.78, 5) is 11.6. The van der Waals surface area contributed by atoms with E-state index in [1.165, 1.54) is 12.8 Å². The lowest BCUT2D eigenvalue weighted by molar-refractivity contribution is 0.0928. The van der Waals surface area contributed by atoms with E-state index in [4.69, 9.17) is 4.52 Å². The Hall–Kier alpha value is -1.32. The summed E-state index contributed by atoms with van der Waals surface area (Å²) >= 11 is 0. The zero-order valence-electron chi connectivity index (χ0n) is 8.25. The number of hydrogen-bond donors (Lipinski definition) is 1. The van der Waals surface area contributed by atoms with Crippen LogP contribution in [0.4, 0.5) is 0 Å². The molecule has 0 atom stereocenters. The van der Waals surface area contributed by atoms with E-state index in [1.807, 2.05) is 0 Å². The number of aryl methyl sites for hydroxylation is 1. The lowest BCUT2D eigenvalue weighted by Crippen LogP contribution is -2.32. The second kappa shape index (κ2) is 3.82. The smallest absolute Gasteiger partial charge is 0.273 e. The fourth-order valence-electron chi connectivity index (χ4n) is 1.80.